The number of benzene rings is 4. The zero-order chi connectivity index (χ0) is 39.4. The molecule has 0 aliphatic heterocycles. The molecule has 4 aromatic carbocycles. The first kappa shape index (κ1) is 36.6. The Kier molecular flexibility index (Phi) is 9.38. The van der Waals surface area contributed by atoms with Gasteiger partial charge in [-0.2, -0.15) is 0 Å². The summed E-state index contributed by atoms with van der Waals surface area (Å²) in [5.41, 5.74) is 17.6. The average molecular weight is 785 g/mol. The number of carbonyl (C=O) groups excluding carboxylic acids is 4. The van der Waals surface area contributed by atoms with Gasteiger partial charge in [-0.1, -0.05) is 24.3 Å². The second kappa shape index (κ2) is 14.4. The molecule has 0 aliphatic rings. The van der Waals surface area contributed by atoms with Crippen LogP contribution in [-0.2, 0) is 22.6 Å². The summed E-state index contributed by atoms with van der Waals surface area (Å²) in [6.45, 7) is 8.51. The van der Waals surface area contributed by atoms with Crippen LogP contribution < -0.4 is 11.5 Å². The number of nitrogens with two attached hydrogens (primary N) is 2. The minimum atomic E-state index is -0.590. The Hall–Kier alpha value is -6.38. The Balaban J connectivity index is 1.38. The second-order valence-corrected chi connectivity index (χ2v) is 15.4. The average Bonchev–Trinajstić information content (AvgIpc) is 3.94. The number of fused-ring (bicyclic) bond motifs is 4. The molecule has 0 bridgehead atoms. The number of imidazole rings is 2. The van der Waals surface area contributed by atoms with E-state index in [0.29, 0.717) is 78.8 Å². The highest BCUT2D eigenvalue weighted by Gasteiger charge is 2.29. The summed E-state index contributed by atoms with van der Waals surface area (Å²) in [6, 6.07) is 22.0. The zero-order valence-electron chi connectivity index (χ0n) is 31.0. The molecule has 0 atom stereocenters. The van der Waals surface area contributed by atoms with Crippen molar-refractivity contribution in [3.05, 3.63) is 105 Å². The summed E-state index contributed by atoms with van der Waals surface area (Å²) in [4.78, 5) is 62.8. The molecule has 8 aromatic rings. The normalized spacial score (nSPS) is 11.6. The third-order valence-electron chi connectivity index (χ3n) is 9.83. The van der Waals surface area contributed by atoms with Gasteiger partial charge < -0.3 is 30.1 Å². The first-order valence-corrected chi connectivity index (χ1v) is 19.6. The molecule has 4 aromatic heterocycles. The largest absolute Gasteiger partial charge is 0.462 e. The van der Waals surface area contributed by atoms with Crippen LogP contribution >= 0.6 is 22.7 Å². The summed E-state index contributed by atoms with van der Waals surface area (Å²) >= 11 is 2.69. The third kappa shape index (κ3) is 6.07. The first-order chi connectivity index (χ1) is 27.0. The number of hydrogen-bond donors (Lipinski definition) is 2. The number of nitrogens with zero attached hydrogens (tertiary/aromatic N) is 4. The smallest absolute Gasteiger partial charge is 0.349 e. The molecular weight excluding hydrogens is 749 g/mol. The quantitative estimate of drug-likeness (QED) is 0.124. The van der Waals surface area contributed by atoms with Crippen molar-refractivity contribution in [1.29, 1.82) is 0 Å². The summed E-state index contributed by atoms with van der Waals surface area (Å²) in [7, 11) is 0. The molecule has 0 saturated carbocycles. The van der Waals surface area contributed by atoms with E-state index in [4.69, 9.17) is 30.9 Å². The molecule has 0 aliphatic carbocycles. The first-order valence-electron chi connectivity index (χ1n) is 18.0. The molecule has 0 fully saturated rings. The lowest BCUT2D eigenvalue weighted by atomic mass is 10.0. The van der Waals surface area contributed by atoms with Gasteiger partial charge >= 0.3 is 11.9 Å². The van der Waals surface area contributed by atoms with Crippen molar-refractivity contribution in [3.63, 3.8) is 0 Å². The number of esters is 2. The van der Waals surface area contributed by atoms with Crippen LogP contribution in [0.2, 0.25) is 0 Å². The van der Waals surface area contributed by atoms with E-state index in [-0.39, 0.29) is 13.2 Å². The van der Waals surface area contributed by atoms with Crippen molar-refractivity contribution in [3.8, 4) is 22.8 Å². The van der Waals surface area contributed by atoms with E-state index in [1.165, 1.54) is 22.7 Å². The van der Waals surface area contributed by atoms with Crippen LogP contribution in [0.5, 0.6) is 0 Å². The zero-order valence-corrected chi connectivity index (χ0v) is 32.6. The van der Waals surface area contributed by atoms with Crippen molar-refractivity contribution >= 4 is 88.7 Å². The van der Waals surface area contributed by atoms with Gasteiger partial charge in [0.25, 0.3) is 0 Å². The Labute approximate surface area is 328 Å². The third-order valence-corrected chi connectivity index (χ3v) is 12.1. The maximum absolute atomic E-state index is 13.6. The molecule has 0 unspecified atom stereocenters. The van der Waals surface area contributed by atoms with Gasteiger partial charge in [-0.3, -0.25) is 9.59 Å². The lowest BCUT2D eigenvalue weighted by Gasteiger charge is -2.15. The predicted octanol–water partition coefficient (Wildman–Crippen LogP) is 8.02. The number of rotatable bonds is 11. The van der Waals surface area contributed by atoms with E-state index >= 15 is 0 Å². The van der Waals surface area contributed by atoms with Gasteiger partial charge in [0.2, 0.25) is 11.8 Å². The van der Waals surface area contributed by atoms with Crippen LogP contribution in [0.4, 0.5) is 0 Å². The Bertz CT molecular complexity index is 2740. The Morgan fingerprint density at radius 2 is 1.04 bits per heavy atom. The summed E-state index contributed by atoms with van der Waals surface area (Å²) in [6.07, 6.45) is 0. The van der Waals surface area contributed by atoms with Crippen LogP contribution in [0.1, 0.15) is 65.0 Å². The molecule has 56 heavy (non-hydrogen) atoms. The molecule has 282 valence electrons. The number of primary amides is 2. The van der Waals surface area contributed by atoms with Crippen LogP contribution in [0.3, 0.4) is 0 Å². The van der Waals surface area contributed by atoms with Crippen molar-refractivity contribution < 1.29 is 28.7 Å². The van der Waals surface area contributed by atoms with Crippen molar-refractivity contribution in [2.45, 2.75) is 40.8 Å². The number of aromatic nitrogens is 4. The number of thiophene rings is 2. The van der Waals surface area contributed by atoms with Gasteiger partial charge in [-0.05, 0) is 87.4 Å². The minimum absolute atomic E-state index is 0.197. The highest BCUT2D eigenvalue weighted by molar-refractivity contribution is 7.22. The van der Waals surface area contributed by atoms with Crippen molar-refractivity contribution in [2.75, 3.05) is 13.2 Å². The molecule has 0 radical (unpaired) electrons. The SMILES string of the molecule is CCOC(=O)c1sc2cccc(C)c2c1-c1nc2cc(C(N)=O)ccc2n1CCn1c(-c2c(C(=O)OCC)sc3cccc(C)c23)nc2cc(C(N)=O)ccc21. The van der Waals surface area contributed by atoms with E-state index in [2.05, 4.69) is 0 Å². The fourth-order valence-corrected chi connectivity index (χ4v) is 9.69. The summed E-state index contributed by atoms with van der Waals surface area (Å²) in [5, 5.41) is 1.75. The van der Waals surface area contributed by atoms with Gasteiger partial charge in [0.05, 0.1) is 46.4 Å². The Morgan fingerprint density at radius 1 is 0.625 bits per heavy atom. The molecule has 8 rings (SSSR count). The number of carbonyl (C=O) groups is 4. The topological polar surface area (TPSA) is 174 Å². The van der Waals surface area contributed by atoms with E-state index in [1.807, 2.05) is 59.4 Å². The second-order valence-electron chi connectivity index (χ2n) is 13.3. The van der Waals surface area contributed by atoms with Crippen LogP contribution in [0, 0.1) is 13.8 Å². The maximum atomic E-state index is 13.6. The summed E-state index contributed by atoms with van der Waals surface area (Å²) < 4.78 is 17.0. The predicted molar refractivity (Wildman–Crippen MR) is 220 cm³/mol. The molecule has 12 nitrogen and oxygen atoms in total. The van der Waals surface area contributed by atoms with E-state index in [1.54, 1.807) is 50.2 Å². The molecule has 14 heteroatoms. The highest BCUT2D eigenvalue weighted by Crippen LogP contribution is 2.44. The monoisotopic (exact) mass is 784 g/mol. The number of ether oxygens (including phenoxy) is 2. The van der Waals surface area contributed by atoms with Crippen LogP contribution in [0.15, 0.2) is 72.8 Å². The lowest BCUT2D eigenvalue weighted by molar-refractivity contribution is 0.0523. The molecule has 4 N–H and O–H groups in total. The van der Waals surface area contributed by atoms with E-state index in [0.717, 1.165) is 31.3 Å². The molecule has 0 saturated heterocycles. The summed E-state index contributed by atoms with van der Waals surface area (Å²) in [5.74, 6) is -1.08. The number of hydrogen-bond acceptors (Lipinski definition) is 10. The van der Waals surface area contributed by atoms with Crippen LogP contribution in [-0.4, -0.2) is 56.1 Å². The van der Waals surface area contributed by atoms with Crippen molar-refractivity contribution in [2.24, 2.45) is 11.5 Å². The van der Waals surface area contributed by atoms with Gasteiger partial charge in [0.1, 0.15) is 21.4 Å². The highest BCUT2D eigenvalue weighted by atomic mass is 32.1. The standard InChI is InChI=1S/C42H36N6O6S2/c1-5-53-41(51)35-33(31-21(3)9-7-11-29(31)55-35)39-45-25-19-23(37(43)49)13-15-27(25)47(39)17-18-48-28-16-14-24(38(44)50)20-26(28)46-40(48)34-32-22(4)10-8-12-30(32)56-36(34)42(52)54-6-2/h7-16,19-20H,5-6,17-18H2,1-4H3,(H2,43,49)(H2,44,50). The van der Waals surface area contributed by atoms with Gasteiger partial charge in [-0.15, -0.1) is 22.7 Å². The van der Waals surface area contributed by atoms with Gasteiger partial charge in [-0.25, -0.2) is 19.6 Å². The van der Waals surface area contributed by atoms with Crippen molar-refractivity contribution in [1.82, 2.24) is 19.1 Å². The molecule has 2 amide bonds. The van der Waals surface area contributed by atoms with E-state index in [9.17, 15) is 19.2 Å². The number of aryl methyl sites for hydroxylation is 4. The lowest BCUT2D eigenvalue weighted by Crippen LogP contribution is -2.13. The minimum Gasteiger partial charge on any atom is -0.462 e. The molecule has 0 spiro atoms. The van der Waals surface area contributed by atoms with Gasteiger partial charge in [0, 0.05) is 44.4 Å². The fraction of sp³-hybridized carbons (Fsp3) is 0.190. The van der Waals surface area contributed by atoms with E-state index < -0.39 is 23.8 Å². The van der Waals surface area contributed by atoms with Gasteiger partial charge in [0.15, 0.2) is 0 Å². The molecular formula is C42H36N6O6S2. The number of amides is 2. The van der Waals surface area contributed by atoms with Crippen LogP contribution in [0.25, 0.3) is 65.0 Å². The molecule has 4 heterocycles. The fourth-order valence-electron chi connectivity index (χ4n) is 7.35. The maximum Gasteiger partial charge on any atom is 0.349 e. The Morgan fingerprint density at radius 3 is 1.41 bits per heavy atom.